The second-order valence-electron chi connectivity index (χ2n) is 15.4. The molecule has 1 aliphatic carbocycles. The maximum atomic E-state index is 11.1. The Bertz CT molecular complexity index is 2100. The van der Waals surface area contributed by atoms with Crippen LogP contribution >= 0.6 is 0 Å². The Morgan fingerprint density at radius 1 is 0.632 bits per heavy atom. The first-order valence-electron chi connectivity index (χ1n) is 19.8. The predicted molar refractivity (Wildman–Crippen MR) is 234 cm³/mol. The Kier molecular flexibility index (Phi) is 14.8. The Hall–Kier alpha value is -6.16. The van der Waals surface area contributed by atoms with E-state index in [9.17, 15) is 20.2 Å². The van der Waals surface area contributed by atoms with Gasteiger partial charge >= 0.3 is 0 Å². The van der Waals surface area contributed by atoms with Crippen molar-refractivity contribution in [3.8, 4) is 0 Å². The van der Waals surface area contributed by atoms with Crippen LogP contribution in [0.4, 0.5) is 34.1 Å². The van der Waals surface area contributed by atoms with Crippen molar-refractivity contribution in [3.05, 3.63) is 164 Å². The molecule has 0 heterocycles. The molecule has 0 aliphatic heterocycles. The summed E-state index contributed by atoms with van der Waals surface area (Å²) in [6, 6.07) is 39.7. The minimum atomic E-state index is -0.390. The van der Waals surface area contributed by atoms with Crippen LogP contribution in [0, 0.1) is 51.8 Å². The summed E-state index contributed by atoms with van der Waals surface area (Å²) in [5.74, 6) is 3.55. The molecule has 1 saturated carbocycles. The molecule has 0 amide bonds. The van der Waals surface area contributed by atoms with Gasteiger partial charge in [0.15, 0.2) is 0 Å². The Morgan fingerprint density at radius 2 is 1.05 bits per heavy atom. The van der Waals surface area contributed by atoms with Crippen molar-refractivity contribution < 1.29 is 9.85 Å². The summed E-state index contributed by atoms with van der Waals surface area (Å²) in [6.45, 7) is 14.7. The number of rotatable bonds is 12. The fourth-order valence-corrected chi connectivity index (χ4v) is 7.12. The largest absolute Gasteiger partial charge is 0.359 e. The number of non-ortho nitro benzene ring substituents is 2. The van der Waals surface area contributed by atoms with Crippen LogP contribution in [0.1, 0.15) is 70.1 Å². The first kappa shape index (κ1) is 42.0. The van der Waals surface area contributed by atoms with Gasteiger partial charge in [-0.2, -0.15) is 0 Å². The summed E-state index contributed by atoms with van der Waals surface area (Å²) in [4.78, 5) is 36.0. The van der Waals surface area contributed by atoms with Gasteiger partial charge in [0.25, 0.3) is 11.4 Å². The standard InChI is InChI=1S/C26H21N3O2.C21H33N3O2/c1-20-19-24(29(30)31)17-18-25(20)27-26(21-11-5-2-6-12-21)28(22-13-7-3-8-14-22)23-15-9-4-10-16-23;1-15(2)13-23(14-16(3)4)21(18-8-6-7-9-18)22-20-11-10-19(24(25)26)12-17(20)5/h2-19H,1H3;10-12,15-16,18H,6-9,13-14H2,1-5H3. The zero-order valence-corrected chi connectivity index (χ0v) is 33.9. The van der Waals surface area contributed by atoms with Crippen LogP contribution in [0.5, 0.6) is 0 Å². The van der Waals surface area contributed by atoms with Gasteiger partial charge in [0.2, 0.25) is 0 Å². The van der Waals surface area contributed by atoms with E-state index in [1.54, 1.807) is 30.3 Å². The zero-order chi connectivity index (χ0) is 40.9. The summed E-state index contributed by atoms with van der Waals surface area (Å²) in [6.07, 6.45) is 4.91. The Balaban J connectivity index is 0.000000221. The van der Waals surface area contributed by atoms with Gasteiger partial charge in [-0.1, -0.05) is 107 Å². The fraction of sp³-hybridized carbons (Fsp3) is 0.319. The van der Waals surface area contributed by atoms with E-state index in [-0.39, 0.29) is 16.3 Å². The minimum absolute atomic E-state index is 0.0562. The van der Waals surface area contributed by atoms with E-state index in [1.165, 1.54) is 37.6 Å². The van der Waals surface area contributed by atoms with Crippen LogP contribution in [0.15, 0.2) is 137 Å². The number of hydrogen-bond acceptors (Lipinski definition) is 6. The van der Waals surface area contributed by atoms with Crippen molar-refractivity contribution in [2.45, 2.75) is 67.2 Å². The first-order valence-corrected chi connectivity index (χ1v) is 19.8. The highest BCUT2D eigenvalue weighted by Crippen LogP contribution is 2.33. The van der Waals surface area contributed by atoms with Crippen molar-refractivity contribution in [1.29, 1.82) is 0 Å². The lowest BCUT2D eigenvalue weighted by Gasteiger charge is -2.32. The number of anilines is 2. The molecule has 5 aromatic carbocycles. The highest BCUT2D eigenvalue weighted by Gasteiger charge is 2.27. The number of nitrogens with zero attached hydrogens (tertiary/aromatic N) is 6. The van der Waals surface area contributed by atoms with E-state index in [4.69, 9.17) is 9.98 Å². The average molecular weight is 767 g/mol. The molecule has 0 spiro atoms. The highest BCUT2D eigenvalue weighted by molar-refractivity contribution is 6.15. The van der Waals surface area contributed by atoms with E-state index in [0.717, 1.165) is 52.7 Å². The molecule has 10 heteroatoms. The van der Waals surface area contributed by atoms with E-state index in [1.807, 2.05) is 105 Å². The van der Waals surface area contributed by atoms with E-state index in [2.05, 4.69) is 37.5 Å². The predicted octanol–water partition coefficient (Wildman–Crippen LogP) is 12.6. The van der Waals surface area contributed by atoms with Gasteiger partial charge in [-0.15, -0.1) is 0 Å². The number of para-hydroxylation sites is 2. The number of aliphatic imine (C=N–C) groups is 2. The lowest BCUT2D eigenvalue weighted by Crippen LogP contribution is -2.40. The molecule has 5 aromatic rings. The normalized spacial score (nSPS) is 13.3. The minimum Gasteiger partial charge on any atom is -0.359 e. The molecule has 0 unspecified atom stereocenters. The summed E-state index contributed by atoms with van der Waals surface area (Å²) in [5, 5.41) is 22.2. The van der Waals surface area contributed by atoms with Gasteiger partial charge in [-0.05, 0) is 86.1 Å². The van der Waals surface area contributed by atoms with Gasteiger partial charge in [-0.25, -0.2) is 9.98 Å². The number of hydrogen-bond donors (Lipinski definition) is 0. The SMILES string of the molecule is Cc1cc([N+](=O)[O-])ccc1N=C(C1CCCC1)N(CC(C)C)CC(C)C.Cc1cc([N+](=O)[O-])ccc1N=C(c1ccccc1)N(c1ccccc1)c1ccccc1. The number of nitro benzene ring substituents is 2. The fourth-order valence-electron chi connectivity index (χ4n) is 7.12. The number of amidine groups is 2. The molecular formula is C47H54N6O4. The van der Waals surface area contributed by atoms with Gasteiger partial charge in [-0.3, -0.25) is 25.1 Å². The third kappa shape index (κ3) is 11.7. The van der Waals surface area contributed by atoms with Crippen LogP contribution in [-0.4, -0.2) is 39.5 Å². The van der Waals surface area contributed by atoms with Crippen molar-refractivity contribution in [3.63, 3.8) is 0 Å². The summed E-state index contributed by atoms with van der Waals surface area (Å²) in [7, 11) is 0. The summed E-state index contributed by atoms with van der Waals surface area (Å²) >= 11 is 0. The molecule has 0 N–H and O–H groups in total. The van der Waals surface area contributed by atoms with Crippen LogP contribution in [-0.2, 0) is 0 Å². The summed E-state index contributed by atoms with van der Waals surface area (Å²) in [5.41, 5.74) is 6.20. The summed E-state index contributed by atoms with van der Waals surface area (Å²) < 4.78 is 0. The third-order valence-electron chi connectivity index (χ3n) is 9.73. The number of aryl methyl sites for hydroxylation is 2. The lowest BCUT2D eigenvalue weighted by atomic mass is 10.0. The van der Waals surface area contributed by atoms with Crippen molar-refractivity contribution in [1.82, 2.24) is 4.90 Å². The van der Waals surface area contributed by atoms with E-state index >= 15 is 0 Å². The van der Waals surface area contributed by atoms with Crippen molar-refractivity contribution >= 4 is 45.8 Å². The maximum absolute atomic E-state index is 11.1. The average Bonchev–Trinajstić information content (AvgIpc) is 3.73. The quantitative estimate of drug-likeness (QED) is 0.0540. The molecule has 57 heavy (non-hydrogen) atoms. The van der Waals surface area contributed by atoms with Gasteiger partial charge in [0, 0.05) is 60.2 Å². The third-order valence-corrected chi connectivity index (χ3v) is 9.73. The Morgan fingerprint density at radius 3 is 1.46 bits per heavy atom. The van der Waals surface area contributed by atoms with Crippen molar-refractivity contribution in [2.24, 2.45) is 27.7 Å². The molecule has 1 aliphatic rings. The Labute approximate surface area is 336 Å². The second kappa shape index (κ2) is 20.1. The highest BCUT2D eigenvalue weighted by atomic mass is 16.6. The van der Waals surface area contributed by atoms with E-state index in [0.29, 0.717) is 23.4 Å². The molecular weight excluding hydrogens is 713 g/mol. The first-order chi connectivity index (χ1) is 27.4. The van der Waals surface area contributed by atoms with Crippen LogP contribution in [0.2, 0.25) is 0 Å². The van der Waals surface area contributed by atoms with Crippen molar-refractivity contribution in [2.75, 3.05) is 18.0 Å². The maximum Gasteiger partial charge on any atom is 0.269 e. The number of benzene rings is 5. The monoisotopic (exact) mass is 766 g/mol. The van der Waals surface area contributed by atoms with Gasteiger partial charge in [0.1, 0.15) is 11.7 Å². The molecule has 6 rings (SSSR count). The molecule has 1 fully saturated rings. The number of nitro groups is 2. The van der Waals surface area contributed by atoms with Crippen LogP contribution < -0.4 is 4.90 Å². The molecule has 296 valence electrons. The zero-order valence-electron chi connectivity index (χ0n) is 33.9. The van der Waals surface area contributed by atoms with Gasteiger partial charge < -0.3 is 4.90 Å². The molecule has 0 atom stereocenters. The molecule has 0 aromatic heterocycles. The molecule has 0 saturated heterocycles. The van der Waals surface area contributed by atoms with Crippen LogP contribution in [0.3, 0.4) is 0 Å². The topological polar surface area (TPSA) is 117 Å². The van der Waals surface area contributed by atoms with E-state index < -0.39 is 4.92 Å². The lowest BCUT2D eigenvalue weighted by molar-refractivity contribution is -0.385. The smallest absolute Gasteiger partial charge is 0.269 e. The molecule has 10 nitrogen and oxygen atoms in total. The molecule has 0 bridgehead atoms. The van der Waals surface area contributed by atoms with Gasteiger partial charge in [0.05, 0.1) is 21.2 Å². The van der Waals surface area contributed by atoms with Crippen LogP contribution in [0.25, 0.3) is 0 Å². The second-order valence-corrected chi connectivity index (χ2v) is 15.4. The molecule has 0 radical (unpaired) electrons.